The first-order valence-corrected chi connectivity index (χ1v) is 4.06. The third kappa shape index (κ3) is 2.43. The number of hydrogen-bond acceptors (Lipinski definition) is 2. The normalized spacial score (nSPS) is 9.92. The molecule has 1 aromatic heterocycles. The lowest BCUT2D eigenvalue weighted by Gasteiger charge is -2.06. The molecule has 13 heavy (non-hydrogen) atoms. The molecule has 0 aliphatic rings. The Kier molecular flexibility index (Phi) is 2.84. The van der Waals surface area contributed by atoms with E-state index in [9.17, 15) is 9.59 Å². The summed E-state index contributed by atoms with van der Waals surface area (Å²) in [4.78, 5) is 21.8. The maximum Gasteiger partial charge on any atom is 0.250 e. The van der Waals surface area contributed by atoms with Gasteiger partial charge in [0.05, 0.1) is 0 Å². The largest absolute Gasteiger partial charge is 0.370 e. The quantitative estimate of drug-likeness (QED) is 0.713. The number of amides is 1. The molecular formula is C9H12N2O2. The number of primary amides is 1. The van der Waals surface area contributed by atoms with E-state index in [1.807, 2.05) is 13.0 Å². The number of pyridine rings is 1. The van der Waals surface area contributed by atoms with Crippen LogP contribution >= 0.6 is 0 Å². The standard InChI is InChI=1S/C9H12N2O2/c1-7-3-2-4-9(13)11(7)6-5-8(10)12/h2-4H,5-6H2,1H3,(H2,10,12). The Labute approximate surface area is 76.0 Å². The fourth-order valence-electron chi connectivity index (χ4n) is 1.13. The van der Waals surface area contributed by atoms with E-state index in [-0.39, 0.29) is 12.0 Å². The van der Waals surface area contributed by atoms with Crippen molar-refractivity contribution in [1.29, 1.82) is 0 Å². The average molecular weight is 180 g/mol. The molecular weight excluding hydrogens is 168 g/mol. The molecule has 0 saturated heterocycles. The zero-order chi connectivity index (χ0) is 9.84. The fraction of sp³-hybridized carbons (Fsp3) is 0.333. The highest BCUT2D eigenvalue weighted by atomic mass is 16.1. The highest BCUT2D eigenvalue weighted by Gasteiger charge is 2.00. The predicted molar refractivity (Wildman–Crippen MR) is 49.3 cm³/mol. The van der Waals surface area contributed by atoms with Gasteiger partial charge in [-0.05, 0) is 13.0 Å². The van der Waals surface area contributed by atoms with Gasteiger partial charge in [0.2, 0.25) is 5.91 Å². The lowest BCUT2D eigenvalue weighted by molar-refractivity contribution is -0.118. The van der Waals surface area contributed by atoms with Crippen molar-refractivity contribution >= 4 is 5.91 Å². The SMILES string of the molecule is Cc1cccc(=O)n1CCC(N)=O. The van der Waals surface area contributed by atoms with Crippen LogP contribution in [0.1, 0.15) is 12.1 Å². The van der Waals surface area contributed by atoms with Crippen LogP contribution in [-0.4, -0.2) is 10.5 Å². The first-order chi connectivity index (χ1) is 6.11. The third-order valence-electron chi connectivity index (χ3n) is 1.85. The Morgan fingerprint density at radius 1 is 1.54 bits per heavy atom. The number of nitrogens with zero attached hydrogens (tertiary/aromatic N) is 1. The summed E-state index contributed by atoms with van der Waals surface area (Å²) in [6.45, 7) is 2.18. The zero-order valence-electron chi connectivity index (χ0n) is 7.49. The molecule has 4 nitrogen and oxygen atoms in total. The third-order valence-corrected chi connectivity index (χ3v) is 1.85. The van der Waals surface area contributed by atoms with Crippen LogP contribution in [0.3, 0.4) is 0 Å². The molecule has 0 aromatic carbocycles. The maximum atomic E-state index is 11.3. The lowest BCUT2D eigenvalue weighted by Crippen LogP contribution is -2.24. The Morgan fingerprint density at radius 2 is 2.23 bits per heavy atom. The molecule has 1 rings (SSSR count). The molecule has 1 amide bonds. The van der Waals surface area contributed by atoms with Crippen molar-refractivity contribution in [3.05, 3.63) is 34.2 Å². The fourth-order valence-corrected chi connectivity index (χ4v) is 1.13. The van der Waals surface area contributed by atoms with E-state index in [1.54, 1.807) is 6.07 Å². The summed E-state index contributed by atoms with van der Waals surface area (Å²) in [5, 5.41) is 0. The highest BCUT2D eigenvalue weighted by Crippen LogP contribution is 1.94. The highest BCUT2D eigenvalue weighted by molar-refractivity contribution is 5.73. The number of rotatable bonds is 3. The maximum absolute atomic E-state index is 11.3. The Morgan fingerprint density at radius 3 is 2.77 bits per heavy atom. The van der Waals surface area contributed by atoms with Gasteiger partial charge in [-0.2, -0.15) is 0 Å². The van der Waals surface area contributed by atoms with Crippen molar-refractivity contribution in [1.82, 2.24) is 4.57 Å². The molecule has 0 atom stereocenters. The summed E-state index contributed by atoms with van der Waals surface area (Å²) in [6, 6.07) is 4.98. The van der Waals surface area contributed by atoms with Crippen LogP contribution in [0.25, 0.3) is 0 Å². The predicted octanol–water partition coefficient (Wildman–Crippen LogP) is 0.0321. The van der Waals surface area contributed by atoms with Crippen LogP contribution < -0.4 is 11.3 Å². The average Bonchev–Trinajstić information content (AvgIpc) is 2.03. The number of hydrogen-bond donors (Lipinski definition) is 1. The molecule has 70 valence electrons. The molecule has 0 fully saturated rings. The van der Waals surface area contributed by atoms with Crippen LogP contribution in [0.5, 0.6) is 0 Å². The van der Waals surface area contributed by atoms with Crippen molar-refractivity contribution in [2.75, 3.05) is 0 Å². The van der Waals surface area contributed by atoms with Gasteiger partial charge in [-0.15, -0.1) is 0 Å². The summed E-state index contributed by atoms with van der Waals surface area (Å²) in [7, 11) is 0. The minimum absolute atomic E-state index is 0.0961. The van der Waals surface area contributed by atoms with E-state index in [0.717, 1.165) is 5.69 Å². The van der Waals surface area contributed by atoms with Gasteiger partial charge in [-0.1, -0.05) is 6.07 Å². The van der Waals surface area contributed by atoms with Crippen LogP contribution in [-0.2, 0) is 11.3 Å². The molecule has 0 aliphatic carbocycles. The van der Waals surface area contributed by atoms with Gasteiger partial charge < -0.3 is 10.3 Å². The smallest absolute Gasteiger partial charge is 0.250 e. The number of nitrogens with two attached hydrogens (primary N) is 1. The van der Waals surface area contributed by atoms with Crippen molar-refractivity contribution in [3.8, 4) is 0 Å². The number of aryl methyl sites for hydroxylation is 1. The van der Waals surface area contributed by atoms with Crippen LogP contribution in [0.2, 0.25) is 0 Å². The van der Waals surface area contributed by atoms with Gasteiger partial charge >= 0.3 is 0 Å². The van der Waals surface area contributed by atoms with Crippen molar-refractivity contribution in [2.45, 2.75) is 19.9 Å². The molecule has 4 heteroatoms. The van der Waals surface area contributed by atoms with Gasteiger partial charge in [0.25, 0.3) is 5.56 Å². The summed E-state index contributed by atoms with van der Waals surface area (Å²) in [5.74, 6) is -0.393. The van der Waals surface area contributed by atoms with Crippen LogP contribution in [0.15, 0.2) is 23.0 Å². The minimum atomic E-state index is -0.393. The van der Waals surface area contributed by atoms with E-state index in [2.05, 4.69) is 0 Å². The number of carbonyl (C=O) groups is 1. The first kappa shape index (κ1) is 9.51. The van der Waals surface area contributed by atoms with E-state index in [0.29, 0.717) is 6.54 Å². The Bertz CT molecular complexity index is 368. The lowest BCUT2D eigenvalue weighted by atomic mass is 10.3. The van der Waals surface area contributed by atoms with E-state index < -0.39 is 5.91 Å². The number of carbonyl (C=O) groups excluding carboxylic acids is 1. The zero-order valence-corrected chi connectivity index (χ0v) is 7.49. The van der Waals surface area contributed by atoms with Crippen LogP contribution in [0.4, 0.5) is 0 Å². The van der Waals surface area contributed by atoms with Gasteiger partial charge in [0.1, 0.15) is 0 Å². The summed E-state index contributed by atoms with van der Waals surface area (Å²) < 4.78 is 1.53. The molecule has 0 saturated carbocycles. The molecule has 1 heterocycles. The van der Waals surface area contributed by atoms with E-state index >= 15 is 0 Å². The summed E-state index contributed by atoms with van der Waals surface area (Å²) >= 11 is 0. The van der Waals surface area contributed by atoms with E-state index in [4.69, 9.17) is 5.73 Å². The van der Waals surface area contributed by atoms with Crippen molar-refractivity contribution in [2.24, 2.45) is 5.73 Å². The second-order valence-electron chi connectivity index (χ2n) is 2.87. The molecule has 1 aromatic rings. The van der Waals surface area contributed by atoms with E-state index in [1.165, 1.54) is 10.6 Å². The Balaban J connectivity index is 2.87. The molecule has 2 N–H and O–H groups in total. The molecule has 0 radical (unpaired) electrons. The van der Waals surface area contributed by atoms with Gasteiger partial charge in [-0.25, -0.2) is 0 Å². The molecule has 0 unspecified atom stereocenters. The molecule has 0 bridgehead atoms. The Hall–Kier alpha value is -1.58. The second-order valence-corrected chi connectivity index (χ2v) is 2.87. The first-order valence-electron chi connectivity index (χ1n) is 4.06. The minimum Gasteiger partial charge on any atom is -0.370 e. The van der Waals surface area contributed by atoms with Gasteiger partial charge in [-0.3, -0.25) is 9.59 Å². The van der Waals surface area contributed by atoms with Crippen LogP contribution in [0, 0.1) is 6.92 Å². The second kappa shape index (κ2) is 3.89. The molecule has 0 spiro atoms. The summed E-state index contributed by atoms with van der Waals surface area (Å²) in [6.07, 6.45) is 0.199. The van der Waals surface area contributed by atoms with Crippen molar-refractivity contribution in [3.63, 3.8) is 0 Å². The van der Waals surface area contributed by atoms with Gasteiger partial charge in [0.15, 0.2) is 0 Å². The molecule has 0 aliphatic heterocycles. The summed E-state index contributed by atoms with van der Waals surface area (Å²) in [5.41, 5.74) is 5.73. The monoisotopic (exact) mass is 180 g/mol. The number of aromatic nitrogens is 1. The topological polar surface area (TPSA) is 65.1 Å². The van der Waals surface area contributed by atoms with Gasteiger partial charge in [0, 0.05) is 24.7 Å². The van der Waals surface area contributed by atoms with Crippen molar-refractivity contribution < 1.29 is 4.79 Å².